The van der Waals surface area contributed by atoms with E-state index in [2.05, 4.69) is 39.9 Å². The molecular weight excluding hydrogens is 258 g/mol. The number of rotatable bonds is 9. The average Bonchev–Trinajstić information content (AvgIpc) is 2.44. The smallest absolute Gasteiger partial charge is 0.0471 e. The van der Waals surface area contributed by atoms with E-state index in [4.69, 9.17) is 4.74 Å². The molecule has 2 nitrogen and oxygen atoms in total. The minimum Gasteiger partial charge on any atom is -0.381 e. The van der Waals surface area contributed by atoms with E-state index < -0.39 is 0 Å². The zero-order valence-corrected chi connectivity index (χ0v) is 15.3. The molecule has 21 heavy (non-hydrogen) atoms. The third kappa shape index (κ3) is 6.69. The van der Waals surface area contributed by atoms with Gasteiger partial charge < -0.3 is 10.1 Å². The minimum atomic E-state index is 0.474. The first kappa shape index (κ1) is 19.0. The highest BCUT2D eigenvalue weighted by Gasteiger charge is 2.38. The average molecular weight is 298 g/mol. The van der Waals surface area contributed by atoms with Crippen molar-refractivity contribution >= 4 is 0 Å². The summed E-state index contributed by atoms with van der Waals surface area (Å²) >= 11 is 0. The lowest BCUT2D eigenvalue weighted by molar-refractivity contribution is 0.0426. The summed E-state index contributed by atoms with van der Waals surface area (Å²) in [6.45, 7) is 15.9. The lowest BCUT2D eigenvalue weighted by atomic mass is 9.63. The van der Waals surface area contributed by atoms with Gasteiger partial charge in [-0.25, -0.2) is 0 Å². The van der Waals surface area contributed by atoms with Gasteiger partial charge in [-0.2, -0.15) is 0 Å². The van der Waals surface area contributed by atoms with Crippen molar-refractivity contribution in [3.8, 4) is 0 Å². The molecule has 0 aromatic carbocycles. The molecule has 0 heterocycles. The molecule has 1 fully saturated rings. The van der Waals surface area contributed by atoms with Crippen LogP contribution in [0.2, 0.25) is 0 Å². The van der Waals surface area contributed by atoms with Crippen LogP contribution in [0.4, 0.5) is 0 Å². The second kappa shape index (κ2) is 9.15. The van der Waals surface area contributed by atoms with E-state index in [-0.39, 0.29) is 0 Å². The van der Waals surface area contributed by atoms with Crippen LogP contribution < -0.4 is 5.32 Å². The van der Waals surface area contributed by atoms with E-state index in [1.807, 2.05) is 0 Å². The summed E-state index contributed by atoms with van der Waals surface area (Å²) in [5.41, 5.74) is 0.965. The molecule has 0 spiro atoms. The third-order valence-corrected chi connectivity index (χ3v) is 5.32. The van der Waals surface area contributed by atoms with Crippen molar-refractivity contribution in [2.24, 2.45) is 16.7 Å². The summed E-state index contributed by atoms with van der Waals surface area (Å²) < 4.78 is 5.78. The normalized spacial score (nSPS) is 27.0. The lowest BCUT2D eigenvalue weighted by Gasteiger charge is -2.44. The molecule has 1 rings (SSSR count). The first-order chi connectivity index (χ1) is 9.93. The molecule has 0 amide bonds. The van der Waals surface area contributed by atoms with Gasteiger partial charge in [-0.3, -0.25) is 0 Å². The van der Waals surface area contributed by atoms with E-state index in [0.29, 0.717) is 10.8 Å². The van der Waals surface area contributed by atoms with Crippen molar-refractivity contribution in [3.63, 3.8) is 0 Å². The molecular formula is C19H39NO. The topological polar surface area (TPSA) is 21.3 Å². The molecule has 0 unspecified atom stereocenters. The molecule has 0 saturated heterocycles. The summed E-state index contributed by atoms with van der Waals surface area (Å²) in [6.07, 6.45) is 9.14. The SMILES string of the molecule is CCCNCC1(CCOCCC)CCC(C(C)(C)C)CC1. The Balaban J connectivity index is 2.50. The van der Waals surface area contributed by atoms with Crippen molar-refractivity contribution in [1.29, 1.82) is 0 Å². The standard InChI is InChI=1S/C19H39NO/c1-6-13-20-16-19(12-15-21-14-7-2)10-8-17(9-11-19)18(3,4)5/h17,20H,6-16H2,1-5H3. The van der Waals surface area contributed by atoms with Gasteiger partial charge in [0, 0.05) is 19.8 Å². The third-order valence-electron chi connectivity index (χ3n) is 5.32. The van der Waals surface area contributed by atoms with Crippen LogP contribution in [0.3, 0.4) is 0 Å². The monoisotopic (exact) mass is 297 g/mol. The fraction of sp³-hybridized carbons (Fsp3) is 1.00. The van der Waals surface area contributed by atoms with Gasteiger partial charge in [-0.05, 0) is 68.2 Å². The molecule has 0 aromatic rings. The maximum Gasteiger partial charge on any atom is 0.0471 e. The molecule has 0 aromatic heterocycles. The number of nitrogens with one attached hydrogen (secondary N) is 1. The van der Waals surface area contributed by atoms with Crippen molar-refractivity contribution in [2.45, 2.75) is 79.6 Å². The van der Waals surface area contributed by atoms with Crippen molar-refractivity contribution in [3.05, 3.63) is 0 Å². The Bertz CT molecular complexity index is 261. The van der Waals surface area contributed by atoms with Crippen molar-refractivity contribution in [1.82, 2.24) is 5.32 Å². The summed E-state index contributed by atoms with van der Waals surface area (Å²) in [5.74, 6) is 0.897. The second-order valence-electron chi connectivity index (χ2n) is 8.18. The van der Waals surface area contributed by atoms with Crippen LogP contribution in [-0.4, -0.2) is 26.3 Å². The quantitative estimate of drug-likeness (QED) is 0.603. The Hall–Kier alpha value is -0.0800. The van der Waals surface area contributed by atoms with Crippen LogP contribution in [0.15, 0.2) is 0 Å². The van der Waals surface area contributed by atoms with Gasteiger partial charge >= 0.3 is 0 Å². The molecule has 1 aliphatic carbocycles. The molecule has 1 saturated carbocycles. The summed E-state index contributed by atoms with van der Waals surface area (Å²) in [4.78, 5) is 0. The van der Waals surface area contributed by atoms with Gasteiger partial charge in [0.25, 0.3) is 0 Å². The van der Waals surface area contributed by atoms with Gasteiger partial charge in [-0.1, -0.05) is 34.6 Å². The van der Waals surface area contributed by atoms with E-state index >= 15 is 0 Å². The number of hydrogen-bond donors (Lipinski definition) is 1. The highest BCUT2D eigenvalue weighted by atomic mass is 16.5. The largest absolute Gasteiger partial charge is 0.381 e. The van der Waals surface area contributed by atoms with Crippen molar-refractivity contribution in [2.75, 3.05) is 26.3 Å². The molecule has 126 valence electrons. The molecule has 0 radical (unpaired) electrons. The highest BCUT2D eigenvalue weighted by molar-refractivity contribution is 4.90. The van der Waals surface area contributed by atoms with E-state index in [0.717, 1.165) is 32.1 Å². The zero-order chi connectivity index (χ0) is 15.8. The predicted molar refractivity (Wildman–Crippen MR) is 92.7 cm³/mol. The first-order valence-electron chi connectivity index (χ1n) is 9.22. The summed E-state index contributed by atoms with van der Waals surface area (Å²) in [5, 5.41) is 3.68. The fourth-order valence-electron chi connectivity index (χ4n) is 3.68. The maximum atomic E-state index is 5.78. The van der Waals surface area contributed by atoms with Gasteiger partial charge in [0.15, 0.2) is 0 Å². The fourth-order valence-corrected chi connectivity index (χ4v) is 3.68. The Morgan fingerprint density at radius 1 is 1.05 bits per heavy atom. The predicted octanol–water partition coefficient (Wildman–Crippen LogP) is 5.03. The van der Waals surface area contributed by atoms with E-state index in [1.165, 1.54) is 45.1 Å². The van der Waals surface area contributed by atoms with Crippen LogP contribution in [0.1, 0.15) is 79.6 Å². The first-order valence-corrected chi connectivity index (χ1v) is 9.22. The zero-order valence-electron chi connectivity index (χ0n) is 15.3. The Morgan fingerprint density at radius 3 is 2.24 bits per heavy atom. The molecule has 2 heteroatoms. The van der Waals surface area contributed by atoms with Gasteiger partial charge in [0.2, 0.25) is 0 Å². The maximum absolute atomic E-state index is 5.78. The molecule has 1 N–H and O–H groups in total. The minimum absolute atomic E-state index is 0.474. The van der Waals surface area contributed by atoms with E-state index in [1.54, 1.807) is 0 Å². The summed E-state index contributed by atoms with van der Waals surface area (Å²) in [7, 11) is 0. The van der Waals surface area contributed by atoms with Crippen LogP contribution in [0.25, 0.3) is 0 Å². The Labute approximate surface area is 133 Å². The van der Waals surface area contributed by atoms with Crippen LogP contribution in [0, 0.1) is 16.7 Å². The van der Waals surface area contributed by atoms with Crippen LogP contribution in [-0.2, 0) is 4.74 Å². The van der Waals surface area contributed by atoms with Gasteiger partial charge in [0.1, 0.15) is 0 Å². The lowest BCUT2D eigenvalue weighted by Crippen LogP contribution is -2.40. The van der Waals surface area contributed by atoms with Gasteiger partial charge in [0.05, 0.1) is 0 Å². The second-order valence-corrected chi connectivity index (χ2v) is 8.18. The molecule has 0 atom stereocenters. The highest BCUT2D eigenvalue weighted by Crippen LogP contribution is 2.46. The van der Waals surface area contributed by atoms with Crippen LogP contribution >= 0.6 is 0 Å². The molecule has 1 aliphatic rings. The Morgan fingerprint density at radius 2 is 1.71 bits per heavy atom. The van der Waals surface area contributed by atoms with Crippen molar-refractivity contribution < 1.29 is 4.74 Å². The van der Waals surface area contributed by atoms with E-state index in [9.17, 15) is 0 Å². The van der Waals surface area contributed by atoms with Crippen LogP contribution in [0.5, 0.6) is 0 Å². The Kier molecular flexibility index (Phi) is 8.26. The molecule has 0 bridgehead atoms. The summed E-state index contributed by atoms with van der Waals surface area (Å²) in [6, 6.07) is 0. The number of hydrogen-bond acceptors (Lipinski definition) is 2. The molecule has 0 aliphatic heterocycles. The van der Waals surface area contributed by atoms with Gasteiger partial charge in [-0.15, -0.1) is 0 Å². The number of ether oxygens (including phenoxy) is 1.